The smallest absolute Gasteiger partial charge is 0.251 e. The summed E-state index contributed by atoms with van der Waals surface area (Å²) < 4.78 is 25.0. The Morgan fingerprint density at radius 3 is 2.69 bits per heavy atom. The molecule has 6 nitrogen and oxygen atoms in total. The molecule has 0 saturated heterocycles. The average Bonchev–Trinajstić information content (AvgIpc) is 3.13. The van der Waals surface area contributed by atoms with Crippen LogP contribution in [0, 0.1) is 0 Å². The number of nitrogens with zero attached hydrogens (tertiary/aromatic N) is 2. The van der Waals surface area contributed by atoms with Gasteiger partial charge in [0, 0.05) is 30.6 Å². The van der Waals surface area contributed by atoms with Crippen molar-refractivity contribution in [1.29, 1.82) is 0 Å². The number of thiazole rings is 1. The Morgan fingerprint density at radius 2 is 1.86 bits per heavy atom. The Morgan fingerprint density at radius 1 is 1.10 bits per heavy atom. The number of sulfone groups is 1. The number of rotatable bonds is 5. The molecule has 0 fully saturated rings. The van der Waals surface area contributed by atoms with E-state index in [0.717, 1.165) is 16.3 Å². The number of amides is 1. The van der Waals surface area contributed by atoms with E-state index in [9.17, 15) is 13.2 Å². The highest BCUT2D eigenvalue weighted by atomic mass is 32.2. The van der Waals surface area contributed by atoms with E-state index >= 15 is 0 Å². The normalized spacial score (nSPS) is 16.0. The van der Waals surface area contributed by atoms with Crippen molar-refractivity contribution in [3.8, 4) is 0 Å². The van der Waals surface area contributed by atoms with Gasteiger partial charge in [0.1, 0.15) is 5.01 Å². The van der Waals surface area contributed by atoms with Crippen molar-refractivity contribution in [2.75, 3.05) is 12.3 Å². The number of hydrogen-bond donors (Lipinski definition) is 1. The molecular formula is C21H21N3O3S2. The number of benzene rings is 2. The molecular weight excluding hydrogens is 406 g/mol. The lowest BCUT2D eigenvalue weighted by Gasteiger charge is -2.18. The summed E-state index contributed by atoms with van der Waals surface area (Å²) >= 11 is 1.50. The molecule has 2 aromatic carbocycles. The Bertz CT molecular complexity index is 1110. The lowest BCUT2D eigenvalue weighted by atomic mass is 10.2. The summed E-state index contributed by atoms with van der Waals surface area (Å²) in [6.45, 7) is 1.99. The molecule has 0 unspecified atom stereocenters. The first-order valence-electron chi connectivity index (χ1n) is 9.31. The molecule has 4 rings (SSSR count). The highest BCUT2D eigenvalue weighted by Gasteiger charge is 2.25. The van der Waals surface area contributed by atoms with Gasteiger partial charge < -0.3 is 5.32 Å². The second kappa shape index (κ2) is 8.44. The van der Waals surface area contributed by atoms with E-state index in [1.807, 2.05) is 35.7 Å². The third kappa shape index (κ3) is 4.72. The van der Waals surface area contributed by atoms with Gasteiger partial charge in [0.25, 0.3) is 5.91 Å². The van der Waals surface area contributed by atoms with E-state index in [-0.39, 0.29) is 11.7 Å². The number of carbonyl (C=O) groups excluding carboxylic acids is 1. The van der Waals surface area contributed by atoms with Crippen LogP contribution in [0.3, 0.4) is 0 Å². The molecule has 1 amide bonds. The molecule has 1 aliphatic rings. The standard InChI is InChI=1S/C21H21N3O3S2/c25-21(16-6-2-1-3-7-16)22-12-20-23-18(15-28-20)14-24-10-11-29(26,27)19-9-5-4-8-17(19)13-24/h1-9,15H,10-14H2,(H,22,25). The van der Waals surface area contributed by atoms with Crippen LogP contribution in [0.5, 0.6) is 0 Å². The predicted octanol–water partition coefficient (Wildman–Crippen LogP) is 2.86. The van der Waals surface area contributed by atoms with Crippen LogP contribution in [0.15, 0.2) is 64.9 Å². The minimum atomic E-state index is -3.25. The molecule has 0 radical (unpaired) electrons. The fraction of sp³-hybridized carbons (Fsp3) is 0.238. The van der Waals surface area contributed by atoms with Gasteiger partial charge >= 0.3 is 0 Å². The van der Waals surface area contributed by atoms with Gasteiger partial charge in [-0.15, -0.1) is 11.3 Å². The van der Waals surface area contributed by atoms with Crippen LogP contribution in [0.25, 0.3) is 0 Å². The predicted molar refractivity (Wildman–Crippen MR) is 112 cm³/mol. The Balaban J connectivity index is 1.39. The summed E-state index contributed by atoms with van der Waals surface area (Å²) in [7, 11) is -3.25. The number of hydrogen-bond acceptors (Lipinski definition) is 6. The van der Waals surface area contributed by atoms with Gasteiger partial charge in [0.05, 0.1) is 22.9 Å². The molecule has 0 bridgehead atoms. The fourth-order valence-corrected chi connectivity index (χ4v) is 5.59. The number of fused-ring (bicyclic) bond motifs is 1. The molecule has 0 aliphatic carbocycles. The molecule has 1 aliphatic heterocycles. The van der Waals surface area contributed by atoms with E-state index in [4.69, 9.17) is 0 Å². The third-order valence-electron chi connectivity index (χ3n) is 4.80. The average molecular weight is 428 g/mol. The van der Waals surface area contributed by atoms with Crippen molar-refractivity contribution in [3.05, 3.63) is 81.8 Å². The third-order valence-corrected chi connectivity index (χ3v) is 7.48. The van der Waals surface area contributed by atoms with E-state index in [2.05, 4.69) is 15.2 Å². The van der Waals surface area contributed by atoms with Crippen LogP contribution in [0.4, 0.5) is 0 Å². The number of carbonyl (C=O) groups is 1. The second-order valence-electron chi connectivity index (χ2n) is 6.92. The molecule has 2 heterocycles. The second-order valence-corrected chi connectivity index (χ2v) is 9.94. The molecule has 0 saturated carbocycles. The fourth-order valence-electron chi connectivity index (χ4n) is 3.33. The van der Waals surface area contributed by atoms with Crippen LogP contribution < -0.4 is 5.32 Å². The zero-order valence-corrected chi connectivity index (χ0v) is 17.4. The largest absolute Gasteiger partial charge is 0.346 e. The molecule has 150 valence electrons. The van der Waals surface area contributed by atoms with E-state index < -0.39 is 9.84 Å². The van der Waals surface area contributed by atoms with Crippen LogP contribution in [0.2, 0.25) is 0 Å². The maximum absolute atomic E-state index is 12.5. The first kappa shape index (κ1) is 19.8. The first-order chi connectivity index (χ1) is 14.0. The monoisotopic (exact) mass is 427 g/mol. The summed E-state index contributed by atoms with van der Waals surface area (Å²) in [6, 6.07) is 16.3. The highest BCUT2D eigenvalue weighted by molar-refractivity contribution is 7.91. The van der Waals surface area contributed by atoms with Gasteiger partial charge in [-0.25, -0.2) is 13.4 Å². The maximum atomic E-state index is 12.5. The van der Waals surface area contributed by atoms with E-state index in [0.29, 0.717) is 36.6 Å². The quantitative estimate of drug-likeness (QED) is 0.677. The minimum Gasteiger partial charge on any atom is -0.346 e. The Kier molecular flexibility index (Phi) is 5.75. The summed E-state index contributed by atoms with van der Waals surface area (Å²) in [6.07, 6.45) is 0. The van der Waals surface area contributed by atoms with Crippen LogP contribution in [-0.2, 0) is 29.5 Å². The van der Waals surface area contributed by atoms with Crippen molar-refractivity contribution in [2.45, 2.75) is 24.5 Å². The van der Waals surface area contributed by atoms with Crippen LogP contribution in [-0.4, -0.2) is 36.5 Å². The van der Waals surface area contributed by atoms with Gasteiger partial charge in [-0.3, -0.25) is 9.69 Å². The molecule has 1 aromatic heterocycles. The lowest BCUT2D eigenvalue weighted by molar-refractivity contribution is 0.0951. The topological polar surface area (TPSA) is 79.4 Å². The van der Waals surface area contributed by atoms with Crippen molar-refractivity contribution in [2.24, 2.45) is 0 Å². The van der Waals surface area contributed by atoms with E-state index in [1.165, 1.54) is 11.3 Å². The molecule has 0 spiro atoms. The van der Waals surface area contributed by atoms with Crippen molar-refractivity contribution in [3.63, 3.8) is 0 Å². The molecule has 8 heteroatoms. The molecule has 1 N–H and O–H groups in total. The van der Waals surface area contributed by atoms with Crippen molar-refractivity contribution < 1.29 is 13.2 Å². The summed E-state index contributed by atoms with van der Waals surface area (Å²) in [5.41, 5.74) is 2.33. The van der Waals surface area contributed by atoms with Gasteiger partial charge in [0.15, 0.2) is 9.84 Å². The van der Waals surface area contributed by atoms with Crippen molar-refractivity contribution in [1.82, 2.24) is 15.2 Å². The van der Waals surface area contributed by atoms with Gasteiger partial charge in [-0.05, 0) is 23.8 Å². The number of aromatic nitrogens is 1. The van der Waals surface area contributed by atoms with Gasteiger partial charge in [-0.1, -0.05) is 36.4 Å². The maximum Gasteiger partial charge on any atom is 0.251 e. The van der Waals surface area contributed by atoms with E-state index in [1.54, 1.807) is 24.3 Å². The lowest BCUT2D eigenvalue weighted by Crippen LogP contribution is -2.26. The summed E-state index contributed by atoms with van der Waals surface area (Å²) in [5, 5.41) is 5.68. The SMILES string of the molecule is O=C(NCc1nc(CN2CCS(=O)(=O)c3ccccc3C2)cs1)c1ccccc1. The van der Waals surface area contributed by atoms with Crippen molar-refractivity contribution >= 4 is 27.1 Å². The van der Waals surface area contributed by atoms with Crippen LogP contribution >= 0.6 is 11.3 Å². The van der Waals surface area contributed by atoms with Gasteiger partial charge in [0.2, 0.25) is 0 Å². The first-order valence-corrected chi connectivity index (χ1v) is 11.8. The number of nitrogens with one attached hydrogen (secondary N) is 1. The summed E-state index contributed by atoms with van der Waals surface area (Å²) in [5.74, 6) is -0.0228. The highest BCUT2D eigenvalue weighted by Crippen LogP contribution is 2.23. The zero-order chi connectivity index (χ0) is 20.3. The summed E-state index contributed by atoms with van der Waals surface area (Å²) in [4.78, 5) is 19.3. The zero-order valence-electron chi connectivity index (χ0n) is 15.7. The Labute approximate surface area is 174 Å². The van der Waals surface area contributed by atoms with Crippen LogP contribution in [0.1, 0.15) is 26.6 Å². The molecule has 0 atom stereocenters. The molecule has 3 aromatic rings. The van der Waals surface area contributed by atoms with Gasteiger partial charge in [-0.2, -0.15) is 0 Å². The Hall–Kier alpha value is -2.55. The minimum absolute atomic E-state index is 0.105. The molecule has 29 heavy (non-hydrogen) atoms.